The number of carbonyl (C=O) groups is 2. The Kier molecular flexibility index (Phi) is 5.69. The molecule has 0 spiro atoms. The largest absolute Gasteiger partial charge is 0.506 e. The molecule has 0 unspecified atom stereocenters. The number of non-ortho nitro benzene ring substituents is 1. The number of nitrogens with zero attached hydrogens (tertiary/aromatic N) is 1. The lowest BCUT2D eigenvalue weighted by molar-refractivity contribution is -0.384. The van der Waals surface area contributed by atoms with Gasteiger partial charge in [-0.25, -0.2) is 0 Å². The van der Waals surface area contributed by atoms with E-state index < -0.39 is 16.7 Å². The maximum absolute atomic E-state index is 12.5. The topological polar surface area (TPSA) is 122 Å². The van der Waals surface area contributed by atoms with Gasteiger partial charge in [0.25, 0.3) is 11.6 Å². The van der Waals surface area contributed by atoms with Crippen LogP contribution in [0.2, 0.25) is 0 Å². The van der Waals surface area contributed by atoms with Crippen molar-refractivity contribution in [2.24, 2.45) is 0 Å². The lowest BCUT2D eigenvalue weighted by Gasteiger charge is -2.11. The molecule has 3 N–H and O–H groups in total. The SMILES string of the molecule is CC(=O)N/C(=C\c1cccc([N+](=O)[O-])c1)C(=O)Nc1cc(C)ccc1O. The van der Waals surface area contributed by atoms with Crippen LogP contribution in [0.5, 0.6) is 5.75 Å². The summed E-state index contributed by atoms with van der Waals surface area (Å²) in [5.41, 5.74) is 1.12. The fraction of sp³-hybridized carbons (Fsp3) is 0.111. The van der Waals surface area contributed by atoms with Crippen molar-refractivity contribution in [3.8, 4) is 5.75 Å². The molecule has 134 valence electrons. The summed E-state index contributed by atoms with van der Waals surface area (Å²) in [4.78, 5) is 34.2. The summed E-state index contributed by atoms with van der Waals surface area (Å²) >= 11 is 0. The molecule has 0 aliphatic rings. The van der Waals surface area contributed by atoms with Crippen LogP contribution >= 0.6 is 0 Å². The molecule has 0 aliphatic heterocycles. The van der Waals surface area contributed by atoms with Crippen molar-refractivity contribution in [1.29, 1.82) is 0 Å². The third-order valence-electron chi connectivity index (χ3n) is 3.35. The third-order valence-corrected chi connectivity index (χ3v) is 3.35. The molecule has 8 nitrogen and oxygen atoms in total. The maximum atomic E-state index is 12.5. The van der Waals surface area contributed by atoms with E-state index in [1.165, 1.54) is 37.3 Å². The van der Waals surface area contributed by atoms with E-state index in [9.17, 15) is 24.8 Å². The van der Waals surface area contributed by atoms with Crippen molar-refractivity contribution in [3.05, 3.63) is 69.4 Å². The second kappa shape index (κ2) is 7.93. The van der Waals surface area contributed by atoms with Gasteiger partial charge in [0.2, 0.25) is 5.91 Å². The van der Waals surface area contributed by atoms with E-state index in [4.69, 9.17) is 0 Å². The Balaban J connectivity index is 2.35. The Bertz CT molecular complexity index is 905. The van der Waals surface area contributed by atoms with Crippen LogP contribution in [0.3, 0.4) is 0 Å². The number of hydrogen-bond acceptors (Lipinski definition) is 5. The highest BCUT2D eigenvalue weighted by molar-refractivity contribution is 6.09. The first kappa shape index (κ1) is 18.7. The van der Waals surface area contributed by atoms with Crippen LogP contribution in [0.4, 0.5) is 11.4 Å². The molecule has 0 radical (unpaired) electrons. The first-order valence-corrected chi connectivity index (χ1v) is 7.61. The van der Waals surface area contributed by atoms with Gasteiger partial charge in [0, 0.05) is 19.1 Å². The van der Waals surface area contributed by atoms with Crippen LogP contribution in [0, 0.1) is 17.0 Å². The van der Waals surface area contributed by atoms with Crippen LogP contribution in [-0.4, -0.2) is 21.8 Å². The molecule has 0 aromatic heterocycles. The van der Waals surface area contributed by atoms with Gasteiger partial charge in [-0.15, -0.1) is 0 Å². The Morgan fingerprint density at radius 3 is 2.58 bits per heavy atom. The van der Waals surface area contributed by atoms with E-state index in [0.29, 0.717) is 5.56 Å². The van der Waals surface area contributed by atoms with E-state index in [0.717, 1.165) is 5.56 Å². The molecular formula is C18H17N3O5. The first-order chi connectivity index (χ1) is 12.3. The van der Waals surface area contributed by atoms with Crippen molar-refractivity contribution >= 4 is 29.3 Å². The molecule has 0 fully saturated rings. The average molecular weight is 355 g/mol. The van der Waals surface area contributed by atoms with Gasteiger partial charge in [-0.05, 0) is 36.3 Å². The molecule has 0 aliphatic carbocycles. The minimum atomic E-state index is -0.674. The van der Waals surface area contributed by atoms with Crippen LogP contribution in [0.25, 0.3) is 6.08 Å². The summed E-state index contributed by atoms with van der Waals surface area (Å²) in [6.45, 7) is 3.03. The number of nitro groups is 1. The normalized spacial score (nSPS) is 10.9. The van der Waals surface area contributed by atoms with Gasteiger partial charge < -0.3 is 15.7 Å². The highest BCUT2D eigenvalue weighted by atomic mass is 16.6. The number of aromatic hydroxyl groups is 1. The van der Waals surface area contributed by atoms with Crippen molar-refractivity contribution in [1.82, 2.24) is 5.32 Å². The smallest absolute Gasteiger partial charge is 0.272 e. The number of phenols is 1. The molecule has 26 heavy (non-hydrogen) atoms. The third kappa shape index (κ3) is 4.91. The van der Waals surface area contributed by atoms with E-state index in [2.05, 4.69) is 10.6 Å². The van der Waals surface area contributed by atoms with Gasteiger partial charge in [0.15, 0.2) is 0 Å². The number of amides is 2. The lowest BCUT2D eigenvalue weighted by atomic mass is 10.1. The van der Waals surface area contributed by atoms with Crippen molar-refractivity contribution in [2.45, 2.75) is 13.8 Å². The molecule has 8 heteroatoms. The standard InChI is InChI=1S/C18H17N3O5/c1-11-6-7-17(23)15(8-11)20-18(24)16(19-12(2)22)10-13-4-3-5-14(9-13)21(25)26/h3-10,23H,1-2H3,(H,19,22)(H,20,24)/b16-10-. The number of phenolic OH excluding ortho intramolecular Hbond substituents is 1. The van der Waals surface area contributed by atoms with Gasteiger partial charge in [-0.3, -0.25) is 19.7 Å². The van der Waals surface area contributed by atoms with E-state index in [-0.39, 0.29) is 22.8 Å². The van der Waals surface area contributed by atoms with Crippen molar-refractivity contribution in [3.63, 3.8) is 0 Å². The number of carbonyl (C=O) groups excluding carboxylic acids is 2. The van der Waals surface area contributed by atoms with Crippen LogP contribution in [0.15, 0.2) is 48.2 Å². The molecule has 2 aromatic carbocycles. The predicted octanol–water partition coefficient (Wildman–Crippen LogP) is 2.72. The number of anilines is 1. The number of nitro benzene ring substituents is 1. The summed E-state index contributed by atoms with van der Waals surface area (Å²) in [6.07, 6.45) is 1.32. The minimum Gasteiger partial charge on any atom is -0.506 e. The van der Waals surface area contributed by atoms with E-state index in [1.54, 1.807) is 25.1 Å². The van der Waals surface area contributed by atoms with E-state index in [1.807, 2.05) is 0 Å². The van der Waals surface area contributed by atoms with Crippen LogP contribution < -0.4 is 10.6 Å². The van der Waals surface area contributed by atoms with Gasteiger partial charge in [0.05, 0.1) is 10.6 Å². The van der Waals surface area contributed by atoms with Crippen molar-refractivity contribution < 1.29 is 19.6 Å². The Morgan fingerprint density at radius 2 is 1.92 bits per heavy atom. The summed E-state index contributed by atoms with van der Waals surface area (Å²) in [6, 6.07) is 10.3. The molecule has 0 saturated carbocycles. The summed E-state index contributed by atoms with van der Waals surface area (Å²) in [5, 5.41) is 25.6. The fourth-order valence-electron chi connectivity index (χ4n) is 2.18. The number of hydrogen-bond donors (Lipinski definition) is 3. The van der Waals surface area contributed by atoms with Gasteiger partial charge in [-0.1, -0.05) is 18.2 Å². The Labute approximate surface area is 149 Å². The monoisotopic (exact) mass is 355 g/mol. The molecular weight excluding hydrogens is 338 g/mol. The summed E-state index contributed by atoms with van der Waals surface area (Å²) in [5.74, 6) is -1.28. The first-order valence-electron chi connectivity index (χ1n) is 7.61. The Hall–Kier alpha value is -3.68. The molecule has 0 saturated heterocycles. The minimum absolute atomic E-state index is 0.112. The second-order valence-corrected chi connectivity index (χ2v) is 5.57. The van der Waals surface area contributed by atoms with Crippen LogP contribution in [-0.2, 0) is 9.59 Å². The summed E-state index contributed by atoms with van der Waals surface area (Å²) < 4.78 is 0. The van der Waals surface area contributed by atoms with Gasteiger partial charge >= 0.3 is 0 Å². The lowest BCUT2D eigenvalue weighted by Crippen LogP contribution is -2.29. The molecule has 0 bridgehead atoms. The van der Waals surface area contributed by atoms with Crippen LogP contribution in [0.1, 0.15) is 18.1 Å². The quantitative estimate of drug-likeness (QED) is 0.329. The predicted molar refractivity (Wildman–Crippen MR) is 96.4 cm³/mol. The van der Waals surface area contributed by atoms with Crippen molar-refractivity contribution in [2.75, 3.05) is 5.32 Å². The molecule has 0 heterocycles. The molecule has 2 rings (SSSR count). The average Bonchev–Trinajstić information content (AvgIpc) is 2.57. The zero-order valence-electron chi connectivity index (χ0n) is 14.1. The number of aryl methyl sites for hydroxylation is 1. The number of rotatable bonds is 5. The van der Waals surface area contributed by atoms with E-state index >= 15 is 0 Å². The molecule has 0 atom stereocenters. The highest BCUT2D eigenvalue weighted by Gasteiger charge is 2.14. The van der Waals surface area contributed by atoms with Gasteiger partial charge in [-0.2, -0.15) is 0 Å². The number of nitrogens with one attached hydrogen (secondary N) is 2. The second-order valence-electron chi connectivity index (χ2n) is 5.57. The summed E-state index contributed by atoms with van der Waals surface area (Å²) in [7, 11) is 0. The number of benzene rings is 2. The van der Waals surface area contributed by atoms with Gasteiger partial charge in [0.1, 0.15) is 11.4 Å². The fourth-order valence-corrected chi connectivity index (χ4v) is 2.18. The maximum Gasteiger partial charge on any atom is 0.272 e. The highest BCUT2D eigenvalue weighted by Crippen LogP contribution is 2.24. The zero-order valence-corrected chi connectivity index (χ0v) is 14.1. The Morgan fingerprint density at radius 1 is 1.19 bits per heavy atom. The molecule has 2 aromatic rings. The zero-order chi connectivity index (χ0) is 19.3. The molecule has 2 amide bonds.